The number of anilines is 2. The fourth-order valence-corrected chi connectivity index (χ4v) is 5.75. The van der Waals surface area contributed by atoms with Crippen molar-refractivity contribution in [2.24, 2.45) is 0 Å². The lowest BCUT2D eigenvalue weighted by Gasteiger charge is -2.35. The molecule has 3 aromatic carbocycles. The number of amides is 2. The van der Waals surface area contributed by atoms with Crippen molar-refractivity contribution in [3.63, 3.8) is 0 Å². The number of hydrogen-bond donors (Lipinski definition) is 2. The molecular weight excluding hydrogens is 597 g/mol. The van der Waals surface area contributed by atoms with Crippen LogP contribution in [-0.4, -0.2) is 66.9 Å². The summed E-state index contributed by atoms with van der Waals surface area (Å²) in [6, 6.07) is 20.6. The smallest absolute Gasteiger partial charge is 0.313 e. The van der Waals surface area contributed by atoms with Crippen LogP contribution < -0.4 is 15.5 Å². The molecule has 2 amide bonds. The summed E-state index contributed by atoms with van der Waals surface area (Å²) in [5.41, 5.74) is 3.68. The first-order valence-electron chi connectivity index (χ1n) is 13.4. The van der Waals surface area contributed by atoms with E-state index in [0.29, 0.717) is 31.7 Å². The van der Waals surface area contributed by atoms with Gasteiger partial charge in [0.1, 0.15) is 5.82 Å². The summed E-state index contributed by atoms with van der Waals surface area (Å²) in [5.74, 6) is -1.84. The highest BCUT2D eigenvalue weighted by Crippen LogP contribution is 2.26. The van der Waals surface area contributed by atoms with Crippen molar-refractivity contribution in [1.29, 1.82) is 0 Å². The quantitative estimate of drug-likeness (QED) is 0.365. The number of nitrogens with zero attached hydrogens (tertiary/aromatic N) is 3. The lowest BCUT2D eigenvalue weighted by Crippen LogP contribution is -2.45. The van der Waals surface area contributed by atoms with Crippen molar-refractivity contribution in [3.8, 4) is 0 Å². The van der Waals surface area contributed by atoms with Crippen LogP contribution in [0, 0.1) is 5.82 Å². The molecule has 1 atom stereocenters. The Labute approximate surface area is 247 Å². The van der Waals surface area contributed by atoms with Gasteiger partial charge in [0.25, 0.3) is 0 Å². The van der Waals surface area contributed by atoms with Gasteiger partial charge in [0.05, 0.1) is 5.02 Å². The predicted molar refractivity (Wildman–Crippen MR) is 160 cm³/mol. The minimum Gasteiger partial charge on any atom is -0.369 e. The Morgan fingerprint density at radius 1 is 0.900 bits per heavy atom. The number of benzene rings is 3. The first-order chi connectivity index (χ1) is 19.3. The molecule has 210 valence electrons. The van der Waals surface area contributed by atoms with Crippen molar-refractivity contribution >= 4 is 50.7 Å². The van der Waals surface area contributed by atoms with Crippen molar-refractivity contribution < 1.29 is 14.0 Å². The van der Waals surface area contributed by atoms with Gasteiger partial charge < -0.3 is 15.5 Å². The van der Waals surface area contributed by atoms with Crippen LogP contribution in [0.2, 0.25) is 5.02 Å². The van der Waals surface area contributed by atoms with Gasteiger partial charge in [-0.3, -0.25) is 19.4 Å². The minimum atomic E-state index is -0.699. The summed E-state index contributed by atoms with van der Waals surface area (Å²) in [4.78, 5) is 32.5. The third-order valence-corrected chi connectivity index (χ3v) is 8.21. The second-order valence-electron chi connectivity index (χ2n) is 10.3. The molecule has 0 bridgehead atoms. The number of carbonyl (C=O) groups excluding carboxylic acids is 2. The van der Waals surface area contributed by atoms with E-state index in [0.717, 1.165) is 48.4 Å². The van der Waals surface area contributed by atoms with Gasteiger partial charge in [0, 0.05) is 74.2 Å². The molecule has 0 radical (unpaired) electrons. The Hall–Kier alpha value is -2.98. The lowest BCUT2D eigenvalue weighted by atomic mass is 10.1. The maximum atomic E-state index is 13.5. The Bertz CT molecular complexity index is 1350. The van der Waals surface area contributed by atoms with Gasteiger partial charge in [-0.25, -0.2) is 4.39 Å². The van der Waals surface area contributed by atoms with Crippen LogP contribution in [0.3, 0.4) is 0 Å². The summed E-state index contributed by atoms with van der Waals surface area (Å²) in [6.07, 6.45) is 0.673. The molecule has 1 unspecified atom stereocenters. The molecule has 2 heterocycles. The molecule has 10 heteroatoms. The molecule has 0 spiro atoms. The fraction of sp³-hybridized carbons (Fsp3) is 0.333. The molecule has 2 aliphatic rings. The van der Waals surface area contributed by atoms with Crippen LogP contribution >= 0.6 is 27.5 Å². The monoisotopic (exact) mass is 627 g/mol. The Morgan fingerprint density at radius 2 is 1.62 bits per heavy atom. The van der Waals surface area contributed by atoms with E-state index in [1.54, 1.807) is 12.1 Å². The molecule has 40 heavy (non-hydrogen) atoms. The van der Waals surface area contributed by atoms with E-state index >= 15 is 0 Å². The summed E-state index contributed by atoms with van der Waals surface area (Å²) >= 11 is 9.41. The first kappa shape index (κ1) is 28.5. The van der Waals surface area contributed by atoms with E-state index in [1.807, 2.05) is 29.2 Å². The second kappa shape index (κ2) is 13.1. The van der Waals surface area contributed by atoms with Gasteiger partial charge in [0.15, 0.2) is 0 Å². The van der Waals surface area contributed by atoms with Gasteiger partial charge in [-0.05, 0) is 47.9 Å². The predicted octanol–water partition coefficient (Wildman–Crippen LogP) is 4.89. The minimum absolute atomic E-state index is 0.0586. The maximum absolute atomic E-state index is 13.5. The van der Waals surface area contributed by atoms with E-state index in [4.69, 9.17) is 11.6 Å². The number of rotatable bonds is 7. The van der Waals surface area contributed by atoms with Crippen molar-refractivity contribution in [2.45, 2.75) is 25.6 Å². The molecule has 0 aromatic heterocycles. The van der Waals surface area contributed by atoms with Gasteiger partial charge in [-0.1, -0.05) is 63.9 Å². The second-order valence-corrected chi connectivity index (χ2v) is 11.6. The van der Waals surface area contributed by atoms with Crippen LogP contribution in [0.4, 0.5) is 15.8 Å². The normalized spacial score (nSPS) is 18.1. The summed E-state index contributed by atoms with van der Waals surface area (Å²) in [6.45, 7) is 6.60. The summed E-state index contributed by atoms with van der Waals surface area (Å²) in [7, 11) is 0. The molecular formula is C30H32BrClFN5O2. The maximum Gasteiger partial charge on any atom is 0.313 e. The van der Waals surface area contributed by atoms with Crippen LogP contribution in [0.25, 0.3) is 0 Å². The fourth-order valence-electron chi connectivity index (χ4n) is 5.22. The van der Waals surface area contributed by atoms with Gasteiger partial charge >= 0.3 is 11.8 Å². The molecule has 5 rings (SSSR count). The first-order valence-corrected chi connectivity index (χ1v) is 14.6. The molecule has 2 fully saturated rings. The third kappa shape index (κ3) is 7.40. The van der Waals surface area contributed by atoms with E-state index in [1.165, 1.54) is 11.6 Å². The number of hydrogen-bond acceptors (Lipinski definition) is 5. The number of carbonyl (C=O) groups is 2. The Kier molecular flexibility index (Phi) is 9.36. The van der Waals surface area contributed by atoms with E-state index < -0.39 is 17.6 Å². The molecule has 0 saturated carbocycles. The third-order valence-electron chi connectivity index (χ3n) is 7.43. The highest BCUT2D eigenvalue weighted by atomic mass is 79.9. The van der Waals surface area contributed by atoms with Crippen LogP contribution in [-0.2, 0) is 22.7 Å². The van der Waals surface area contributed by atoms with Crippen LogP contribution in [0.5, 0.6) is 0 Å². The molecule has 2 aliphatic heterocycles. The largest absolute Gasteiger partial charge is 0.369 e. The average molecular weight is 629 g/mol. The van der Waals surface area contributed by atoms with Crippen LogP contribution in [0.15, 0.2) is 71.2 Å². The van der Waals surface area contributed by atoms with Gasteiger partial charge in [0.2, 0.25) is 0 Å². The number of nitrogens with one attached hydrogen (secondary N) is 2. The number of piperazine rings is 1. The molecule has 0 aliphatic carbocycles. The average Bonchev–Trinajstić information content (AvgIpc) is 3.41. The zero-order valence-corrected chi connectivity index (χ0v) is 24.4. The summed E-state index contributed by atoms with van der Waals surface area (Å²) in [5, 5.41) is 5.72. The summed E-state index contributed by atoms with van der Waals surface area (Å²) < 4.78 is 14.3. The van der Waals surface area contributed by atoms with E-state index in [9.17, 15) is 14.0 Å². The van der Waals surface area contributed by atoms with Crippen molar-refractivity contribution in [3.05, 3.63) is 93.2 Å². The Morgan fingerprint density at radius 3 is 2.35 bits per heavy atom. The van der Waals surface area contributed by atoms with Crippen LogP contribution in [0.1, 0.15) is 17.5 Å². The molecule has 2 N–H and O–H groups in total. The number of halogens is 3. The van der Waals surface area contributed by atoms with E-state index in [-0.39, 0.29) is 11.1 Å². The van der Waals surface area contributed by atoms with Gasteiger partial charge in [-0.2, -0.15) is 0 Å². The van der Waals surface area contributed by atoms with Crippen molar-refractivity contribution in [1.82, 2.24) is 15.1 Å². The molecule has 7 nitrogen and oxygen atoms in total. The van der Waals surface area contributed by atoms with E-state index in [2.05, 4.69) is 60.6 Å². The van der Waals surface area contributed by atoms with Crippen molar-refractivity contribution in [2.75, 3.05) is 49.5 Å². The van der Waals surface area contributed by atoms with Gasteiger partial charge in [-0.15, -0.1) is 0 Å². The topological polar surface area (TPSA) is 67.9 Å². The Balaban J connectivity index is 1.13. The zero-order valence-electron chi connectivity index (χ0n) is 22.1. The molecule has 2 saturated heterocycles. The SMILES string of the molecule is O=C(Nc1cc(Br)ccc1CN1CCN(Cc2ccccc2)CC1)C(=O)NC1CCN(c2ccc(F)c(Cl)c2)C1. The highest BCUT2D eigenvalue weighted by Gasteiger charge is 2.27. The highest BCUT2D eigenvalue weighted by molar-refractivity contribution is 9.10. The molecule has 3 aromatic rings. The standard InChI is InChI=1S/C30H32BrClFN5O2/c31-23-7-6-22(19-37-14-12-36(13-15-37)18-21-4-2-1-3-5-21)28(16-23)35-30(40)29(39)34-24-10-11-38(20-24)25-8-9-27(33)26(32)17-25/h1-9,16-17,24H,10-15,18-20H2,(H,34,39)(H,35,40). The zero-order chi connectivity index (χ0) is 28.1. The lowest BCUT2D eigenvalue weighted by molar-refractivity contribution is -0.136.